The lowest BCUT2D eigenvalue weighted by atomic mass is 10.0. The first-order valence-corrected chi connectivity index (χ1v) is 14.4. The van der Waals surface area contributed by atoms with Crippen LogP contribution in [0.2, 0.25) is 19.6 Å². The molecule has 0 aliphatic rings. The van der Waals surface area contributed by atoms with Gasteiger partial charge in [-0.2, -0.15) is 0 Å². The molecule has 0 spiro atoms. The molecule has 0 fully saturated rings. The van der Waals surface area contributed by atoms with Crippen molar-refractivity contribution < 1.29 is 27.5 Å². The molecule has 1 atom stereocenters. The largest absolute Gasteiger partial charge is 0.425 e. The van der Waals surface area contributed by atoms with Gasteiger partial charge >= 0.3 is 0 Å². The highest BCUT2D eigenvalue weighted by Crippen LogP contribution is 2.21. The molecule has 8 nitrogen and oxygen atoms in total. The van der Waals surface area contributed by atoms with E-state index in [1.807, 2.05) is 19.6 Å². The molecule has 2 amide bonds. The van der Waals surface area contributed by atoms with Gasteiger partial charge in [0.15, 0.2) is 0 Å². The minimum Gasteiger partial charge on any atom is -0.425 e. The number of amides is 2. The van der Waals surface area contributed by atoms with E-state index in [1.165, 1.54) is 0 Å². The van der Waals surface area contributed by atoms with Crippen molar-refractivity contribution in [1.29, 1.82) is 0 Å². The number of benzene rings is 2. The quantitative estimate of drug-likeness (QED) is 0.435. The Morgan fingerprint density at radius 1 is 1.09 bits per heavy atom. The molecular formula is C24H28F2N4O4Si. The molecule has 0 saturated heterocycles. The number of nitrogens with zero attached hydrogens (tertiary/aromatic N) is 2. The molecule has 0 unspecified atom stereocenters. The van der Waals surface area contributed by atoms with Gasteiger partial charge in [-0.3, -0.25) is 9.59 Å². The van der Waals surface area contributed by atoms with Crippen LogP contribution in [0.15, 0.2) is 40.8 Å². The Hall–Kier alpha value is -3.44. The van der Waals surface area contributed by atoms with E-state index in [-0.39, 0.29) is 18.0 Å². The number of aromatic nitrogens is 2. The number of methoxy groups -OCH3 is 1. The van der Waals surface area contributed by atoms with Crippen LogP contribution in [0.25, 0.3) is 0 Å². The molecular weight excluding hydrogens is 474 g/mol. The highest BCUT2D eigenvalue weighted by Gasteiger charge is 2.27. The van der Waals surface area contributed by atoms with Gasteiger partial charge in [0, 0.05) is 20.1 Å². The summed E-state index contributed by atoms with van der Waals surface area (Å²) in [7, 11) is -0.571. The van der Waals surface area contributed by atoms with Crippen LogP contribution in [-0.4, -0.2) is 37.2 Å². The molecule has 35 heavy (non-hydrogen) atoms. The highest BCUT2D eigenvalue weighted by molar-refractivity contribution is 6.88. The summed E-state index contributed by atoms with van der Waals surface area (Å²) in [6.07, 6.45) is -0.250. The topological polar surface area (TPSA) is 106 Å². The number of nitrogens with one attached hydrogen (secondary N) is 2. The van der Waals surface area contributed by atoms with E-state index in [9.17, 15) is 18.4 Å². The van der Waals surface area contributed by atoms with Crippen molar-refractivity contribution in [3.63, 3.8) is 0 Å². The second-order valence-electron chi connectivity index (χ2n) is 9.12. The average Bonchev–Trinajstić information content (AvgIpc) is 3.18. The second kappa shape index (κ2) is 10.9. The van der Waals surface area contributed by atoms with Crippen LogP contribution in [-0.2, 0) is 27.4 Å². The number of halogens is 2. The fourth-order valence-corrected chi connectivity index (χ4v) is 4.80. The zero-order chi connectivity index (χ0) is 25.8. The SMILES string of the molecule is COCc1ccc([C@@H](NC(=O)Cc2nnc(C)o2)C(=O)Nc2cc(F)c([Si](C)(C)C)cc2F)cc1. The Morgan fingerprint density at radius 2 is 1.77 bits per heavy atom. The second-order valence-corrected chi connectivity index (χ2v) is 14.2. The van der Waals surface area contributed by atoms with Crippen molar-refractivity contribution in [3.8, 4) is 0 Å². The lowest BCUT2D eigenvalue weighted by Gasteiger charge is -2.21. The van der Waals surface area contributed by atoms with Gasteiger partial charge in [-0.25, -0.2) is 8.78 Å². The first-order valence-electron chi connectivity index (χ1n) is 10.9. The van der Waals surface area contributed by atoms with Crippen LogP contribution < -0.4 is 15.8 Å². The molecule has 0 radical (unpaired) electrons. The van der Waals surface area contributed by atoms with Gasteiger partial charge in [0.25, 0.3) is 5.91 Å². The van der Waals surface area contributed by atoms with Crippen LogP contribution >= 0.6 is 0 Å². The lowest BCUT2D eigenvalue weighted by Crippen LogP contribution is -2.41. The molecule has 2 aromatic carbocycles. The zero-order valence-electron chi connectivity index (χ0n) is 20.2. The molecule has 1 aromatic heterocycles. The van der Waals surface area contributed by atoms with Gasteiger partial charge in [0.05, 0.1) is 20.4 Å². The van der Waals surface area contributed by atoms with Gasteiger partial charge in [-0.1, -0.05) is 43.9 Å². The molecule has 3 aromatic rings. The summed E-state index contributed by atoms with van der Waals surface area (Å²) in [5.74, 6) is -2.25. The number of hydrogen-bond acceptors (Lipinski definition) is 6. The normalized spacial score (nSPS) is 12.3. The van der Waals surface area contributed by atoms with Gasteiger partial charge in [0.1, 0.15) is 24.1 Å². The number of carbonyl (C=O) groups is 2. The number of ether oxygens (including phenoxy) is 1. The monoisotopic (exact) mass is 502 g/mol. The molecule has 0 aliphatic carbocycles. The number of rotatable bonds is 9. The number of hydrogen-bond donors (Lipinski definition) is 2. The summed E-state index contributed by atoms with van der Waals surface area (Å²) >= 11 is 0. The van der Waals surface area contributed by atoms with Gasteiger partial charge in [0.2, 0.25) is 17.7 Å². The summed E-state index contributed by atoms with van der Waals surface area (Å²) in [5.41, 5.74) is 0.993. The van der Waals surface area contributed by atoms with E-state index in [4.69, 9.17) is 9.15 Å². The molecule has 11 heteroatoms. The fraction of sp³-hybridized carbons (Fsp3) is 0.333. The Bertz CT molecular complexity index is 1210. The van der Waals surface area contributed by atoms with Gasteiger partial charge in [-0.05, 0) is 22.4 Å². The predicted molar refractivity (Wildman–Crippen MR) is 129 cm³/mol. The predicted octanol–water partition coefficient (Wildman–Crippen LogP) is 3.39. The molecule has 0 aliphatic heterocycles. The standard InChI is InChI=1S/C24H28F2N4O4Si/c1-14-29-30-22(34-14)12-21(31)28-23(16-8-6-15(7-9-16)13-33-2)24(32)27-19-10-18(26)20(11-17(19)25)35(3,4)5/h6-11,23H,12-13H2,1-5H3,(H,27,32)(H,28,31)/t23-/m1/s1. The summed E-state index contributed by atoms with van der Waals surface area (Å²) in [4.78, 5) is 25.8. The van der Waals surface area contributed by atoms with Crippen LogP contribution in [0, 0.1) is 18.6 Å². The van der Waals surface area contributed by atoms with Crippen LogP contribution in [0.5, 0.6) is 0 Å². The highest BCUT2D eigenvalue weighted by atomic mass is 28.3. The molecule has 186 valence electrons. The smallest absolute Gasteiger partial charge is 0.251 e. The molecule has 0 bridgehead atoms. The van der Waals surface area contributed by atoms with E-state index >= 15 is 0 Å². The Balaban J connectivity index is 1.86. The Kier molecular flexibility index (Phi) is 8.13. The summed E-state index contributed by atoms with van der Waals surface area (Å²) in [6.45, 7) is 7.65. The minimum absolute atomic E-state index is 0.0876. The first-order chi connectivity index (χ1) is 16.5. The summed E-state index contributed by atoms with van der Waals surface area (Å²) < 4.78 is 39.8. The van der Waals surface area contributed by atoms with E-state index < -0.39 is 37.6 Å². The van der Waals surface area contributed by atoms with Crippen molar-refractivity contribution in [1.82, 2.24) is 15.5 Å². The molecule has 3 rings (SSSR count). The van der Waals surface area contributed by atoms with Gasteiger partial charge < -0.3 is 19.8 Å². The number of anilines is 1. The fourth-order valence-electron chi connectivity index (χ4n) is 3.45. The number of aryl methyl sites for hydroxylation is 1. The Labute approximate surface area is 203 Å². The van der Waals surface area contributed by atoms with Crippen molar-refractivity contribution in [2.75, 3.05) is 12.4 Å². The van der Waals surface area contributed by atoms with E-state index in [2.05, 4.69) is 20.8 Å². The third-order valence-corrected chi connectivity index (χ3v) is 7.19. The third kappa shape index (κ3) is 6.80. The lowest BCUT2D eigenvalue weighted by molar-refractivity contribution is -0.126. The summed E-state index contributed by atoms with van der Waals surface area (Å²) in [6, 6.07) is 7.71. The third-order valence-electron chi connectivity index (χ3n) is 5.19. The molecule has 2 N–H and O–H groups in total. The van der Waals surface area contributed by atoms with E-state index in [0.717, 1.165) is 17.7 Å². The summed E-state index contributed by atoms with van der Waals surface area (Å²) in [5, 5.41) is 12.8. The van der Waals surface area contributed by atoms with Crippen LogP contribution in [0.1, 0.15) is 29.0 Å². The van der Waals surface area contributed by atoms with Crippen molar-refractivity contribution in [2.45, 2.75) is 45.6 Å². The number of carbonyl (C=O) groups excluding carboxylic acids is 2. The zero-order valence-corrected chi connectivity index (χ0v) is 21.2. The van der Waals surface area contributed by atoms with Crippen LogP contribution in [0.4, 0.5) is 14.5 Å². The molecule has 1 heterocycles. The van der Waals surface area contributed by atoms with E-state index in [0.29, 0.717) is 23.2 Å². The Morgan fingerprint density at radius 3 is 2.34 bits per heavy atom. The minimum atomic E-state index is -2.13. The van der Waals surface area contributed by atoms with Crippen molar-refractivity contribution >= 4 is 30.8 Å². The average molecular weight is 503 g/mol. The van der Waals surface area contributed by atoms with Crippen molar-refractivity contribution in [2.24, 2.45) is 0 Å². The maximum atomic E-state index is 14.8. The first kappa shape index (κ1) is 26.2. The van der Waals surface area contributed by atoms with Crippen LogP contribution in [0.3, 0.4) is 0 Å². The maximum Gasteiger partial charge on any atom is 0.251 e. The van der Waals surface area contributed by atoms with Crippen molar-refractivity contribution in [3.05, 3.63) is 70.9 Å². The maximum absolute atomic E-state index is 14.8. The molecule has 0 saturated carbocycles. The van der Waals surface area contributed by atoms with Gasteiger partial charge in [-0.15, -0.1) is 10.2 Å². The van der Waals surface area contributed by atoms with E-state index in [1.54, 1.807) is 38.3 Å².